The minimum absolute atomic E-state index is 0.00175. The number of aromatic nitrogens is 2. The largest absolute Gasteiger partial charge is 0.452 e. The molecule has 0 atom stereocenters. The van der Waals surface area contributed by atoms with Gasteiger partial charge in [0.2, 0.25) is 5.89 Å². The lowest BCUT2D eigenvalue weighted by molar-refractivity contribution is 0.0439. The Morgan fingerprint density at radius 3 is 2.81 bits per heavy atom. The van der Waals surface area contributed by atoms with Crippen molar-refractivity contribution in [1.29, 1.82) is 0 Å². The van der Waals surface area contributed by atoms with Crippen LogP contribution in [0.1, 0.15) is 22.0 Å². The van der Waals surface area contributed by atoms with E-state index in [1.807, 2.05) is 12.1 Å². The summed E-state index contributed by atoms with van der Waals surface area (Å²) in [6.07, 6.45) is 0. The Labute approximate surface area is 157 Å². The smallest absolute Gasteiger partial charge is 0.344 e. The van der Waals surface area contributed by atoms with Crippen molar-refractivity contribution in [3.63, 3.8) is 0 Å². The molecule has 6 nitrogen and oxygen atoms in total. The lowest BCUT2D eigenvalue weighted by Gasteiger charge is -2.05. The normalized spacial score (nSPS) is 11.1. The molecular weight excluding hydrogens is 375 g/mol. The number of carbonyl (C=O) groups excluding carboxylic acids is 1. The van der Waals surface area contributed by atoms with Crippen LogP contribution in [0.2, 0.25) is 5.02 Å². The molecule has 2 heterocycles. The van der Waals surface area contributed by atoms with E-state index in [4.69, 9.17) is 25.3 Å². The van der Waals surface area contributed by atoms with Gasteiger partial charge in [0.1, 0.15) is 28.4 Å². The molecule has 27 heavy (non-hydrogen) atoms. The predicted molar refractivity (Wildman–Crippen MR) is 94.8 cm³/mol. The fourth-order valence-electron chi connectivity index (χ4n) is 2.69. The SMILES string of the molecule is Cc1onc(-c2c(F)cccc2Cl)c1C(=O)OCc1nc2ccccc2o1. The first kappa shape index (κ1) is 17.2. The number of oxazole rings is 1. The van der Waals surface area contributed by atoms with Crippen molar-refractivity contribution < 1.29 is 22.9 Å². The molecule has 0 fully saturated rings. The zero-order chi connectivity index (χ0) is 19.0. The Bertz CT molecular complexity index is 1100. The minimum Gasteiger partial charge on any atom is -0.452 e. The summed E-state index contributed by atoms with van der Waals surface area (Å²) in [4.78, 5) is 16.8. The monoisotopic (exact) mass is 386 g/mol. The van der Waals surface area contributed by atoms with Gasteiger partial charge in [-0.15, -0.1) is 0 Å². The molecule has 0 bridgehead atoms. The van der Waals surface area contributed by atoms with Gasteiger partial charge in [0, 0.05) is 0 Å². The number of rotatable bonds is 4. The first-order valence-electron chi connectivity index (χ1n) is 7.97. The number of benzene rings is 2. The third-order valence-electron chi connectivity index (χ3n) is 3.93. The average molecular weight is 387 g/mol. The topological polar surface area (TPSA) is 78.4 Å². The van der Waals surface area contributed by atoms with Crippen molar-refractivity contribution in [2.75, 3.05) is 0 Å². The van der Waals surface area contributed by atoms with Gasteiger partial charge in [-0.2, -0.15) is 0 Å². The van der Waals surface area contributed by atoms with Gasteiger partial charge in [-0.3, -0.25) is 0 Å². The number of carbonyl (C=O) groups is 1. The Morgan fingerprint density at radius 1 is 1.22 bits per heavy atom. The molecule has 0 aliphatic rings. The molecule has 0 amide bonds. The maximum atomic E-state index is 14.2. The summed E-state index contributed by atoms with van der Waals surface area (Å²) in [5.41, 5.74) is 1.20. The standard InChI is InChI=1S/C19H12ClFN2O4/c1-10-16(18(23-27-10)17-11(20)5-4-6-12(17)21)19(24)25-9-15-22-13-7-2-3-8-14(13)26-15/h2-8H,9H2,1H3. The maximum absolute atomic E-state index is 14.2. The van der Waals surface area contributed by atoms with Gasteiger partial charge in [-0.05, 0) is 31.2 Å². The lowest BCUT2D eigenvalue weighted by atomic mass is 10.1. The van der Waals surface area contributed by atoms with Crippen LogP contribution in [-0.2, 0) is 11.3 Å². The Kier molecular flexibility index (Phi) is 4.37. The van der Waals surface area contributed by atoms with Crippen molar-refractivity contribution in [2.45, 2.75) is 13.5 Å². The molecule has 136 valence electrons. The summed E-state index contributed by atoms with van der Waals surface area (Å²) in [6, 6.07) is 11.4. The van der Waals surface area contributed by atoms with E-state index in [0.29, 0.717) is 11.1 Å². The second-order valence-corrected chi connectivity index (χ2v) is 6.12. The fourth-order valence-corrected chi connectivity index (χ4v) is 2.94. The highest BCUT2D eigenvalue weighted by Gasteiger charge is 2.26. The summed E-state index contributed by atoms with van der Waals surface area (Å²) in [5.74, 6) is -0.940. The van der Waals surface area contributed by atoms with Gasteiger partial charge in [0.25, 0.3) is 0 Å². The van der Waals surface area contributed by atoms with Crippen molar-refractivity contribution in [2.24, 2.45) is 0 Å². The van der Waals surface area contributed by atoms with Crippen molar-refractivity contribution >= 4 is 28.7 Å². The van der Waals surface area contributed by atoms with Gasteiger partial charge < -0.3 is 13.7 Å². The molecule has 0 saturated heterocycles. The van der Waals surface area contributed by atoms with Crippen LogP contribution < -0.4 is 0 Å². The Morgan fingerprint density at radius 2 is 2.04 bits per heavy atom. The first-order valence-corrected chi connectivity index (χ1v) is 8.34. The number of nitrogens with zero attached hydrogens (tertiary/aromatic N) is 2. The van der Waals surface area contributed by atoms with Crippen LogP contribution in [0.15, 0.2) is 51.4 Å². The number of hydrogen-bond acceptors (Lipinski definition) is 6. The van der Waals surface area contributed by atoms with Crippen molar-refractivity contribution in [3.05, 3.63) is 70.5 Å². The molecule has 0 radical (unpaired) electrons. The van der Waals surface area contributed by atoms with E-state index in [9.17, 15) is 9.18 Å². The zero-order valence-electron chi connectivity index (χ0n) is 14.0. The van der Waals surface area contributed by atoms with E-state index < -0.39 is 11.8 Å². The highest BCUT2D eigenvalue weighted by molar-refractivity contribution is 6.33. The third-order valence-corrected chi connectivity index (χ3v) is 4.25. The minimum atomic E-state index is -0.745. The number of aryl methyl sites for hydroxylation is 1. The van der Waals surface area contributed by atoms with Crippen LogP contribution in [-0.4, -0.2) is 16.1 Å². The maximum Gasteiger partial charge on any atom is 0.344 e. The zero-order valence-corrected chi connectivity index (χ0v) is 14.8. The second kappa shape index (κ2) is 6.85. The quantitative estimate of drug-likeness (QED) is 0.462. The lowest BCUT2D eigenvalue weighted by Crippen LogP contribution is -2.08. The summed E-state index contributed by atoms with van der Waals surface area (Å²) in [5, 5.41) is 3.89. The van der Waals surface area contributed by atoms with Crippen LogP contribution in [0, 0.1) is 12.7 Å². The predicted octanol–water partition coefficient (Wildman–Crippen LogP) is 4.94. The molecule has 0 aliphatic carbocycles. The molecule has 0 unspecified atom stereocenters. The highest BCUT2D eigenvalue weighted by Crippen LogP contribution is 2.33. The molecule has 4 aromatic rings. The number of ether oxygens (including phenoxy) is 1. The molecule has 8 heteroatoms. The van der Waals surface area contributed by atoms with Crippen LogP contribution in [0.3, 0.4) is 0 Å². The Hall–Kier alpha value is -3.19. The van der Waals surface area contributed by atoms with E-state index in [0.717, 1.165) is 0 Å². The molecule has 0 spiro atoms. The summed E-state index contributed by atoms with van der Waals surface area (Å²) < 4.78 is 30.1. The number of hydrogen-bond donors (Lipinski definition) is 0. The second-order valence-electron chi connectivity index (χ2n) is 5.71. The molecule has 2 aromatic carbocycles. The summed E-state index contributed by atoms with van der Waals surface area (Å²) in [6.45, 7) is 1.34. The van der Waals surface area contributed by atoms with Gasteiger partial charge in [0.05, 0.1) is 10.6 Å². The van der Waals surface area contributed by atoms with Crippen LogP contribution >= 0.6 is 11.6 Å². The third kappa shape index (κ3) is 3.17. The van der Waals surface area contributed by atoms with E-state index in [-0.39, 0.29) is 40.1 Å². The van der Waals surface area contributed by atoms with Gasteiger partial charge in [-0.25, -0.2) is 14.2 Å². The van der Waals surface area contributed by atoms with Gasteiger partial charge in [0.15, 0.2) is 12.2 Å². The molecule has 0 saturated carbocycles. The molecule has 0 N–H and O–H groups in total. The fraction of sp³-hybridized carbons (Fsp3) is 0.105. The summed E-state index contributed by atoms with van der Waals surface area (Å²) in [7, 11) is 0. The number of halogens is 2. The van der Waals surface area contributed by atoms with E-state index >= 15 is 0 Å². The van der Waals surface area contributed by atoms with E-state index in [2.05, 4.69) is 10.1 Å². The number of para-hydroxylation sites is 2. The van der Waals surface area contributed by atoms with E-state index in [1.54, 1.807) is 12.1 Å². The molecular formula is C19H12ClFN2O4. The number of fused-ring (bicyclic) bond motifs is 1. The summed E-state index contributed by atoms with van der Waals surface area (Å²) >= 11 is 6.07. The first-order chi connectivity index (χ1) is 13.0. The van der Waals surface area contributed by atoms with Gasteiger partial charge in [-0.1, -0.05) is 35.0 Å². The molecule has 2 aromatic heterocycles. The Balaban J connectivity index is 1.62. The van der Waals surface area contributed by atoms with Crippen LogP contribution in [0.4, 0.5) is 4.39 Å². The van der Waals surface area contributed by atoms with Crippen molar-refractivity contribution in [3.8, 4) is 11.3 Å². The van der Waals surface area contributed by atoms with Crippen LogP contribution in [0.25, 0.3) is 22.4 Å². The molecule has 4 rings (SSSR count). The van der Waals surface area contributed by atoms with Gasteiger partial charge >= 0.3 is 5.97 Å². The van der Waals surface area contributed by atoms with Crippen molar-refractivity contribution in [1.82, 2.24) is 10.1 Å². The van der Waals surface area contributed by atoms with E-state index in [1.165, 1.54) is 25.1 Å². The number of esters is 1. The highest BCUT2D eigenvalue weighted by atomic mass is 35.5. The van der Waals surface area contributed by atoms with Crippen LogP contribution in [0.5, 0.6) is 0 Å². The molecule has 0 aliphatic heterocycles. The average Bonchev–Trinajstić information content (AvgIpc) is 3.23.